The predicted octanol–water partition coefficient (Wildman–Crippen LogP) is 3.34. The summed E-state index contributed by atoms with van der Waals surface area (Å²) in [6.45, 7) is 6.81. The molecular weight excluding hydrogens is 262 g/mol. The first-order chi connectivity index (χ1) is 10.1. The van der Waals surface area contributed by atoms with Crippen molar-refractivity contribution in [1.29, 1.82) is 0 Å². The van der Waals surface area contributed by atoms with Crippen LogP contribution < -0.4 is 0 Å². The summed E-state index contributed by atoms with van der Waals surface area (Å²) in [5.74, 6) is 0.530. The van der Waals surface area contributed by atoms with Crippen molar-refractivity contribution in [2.75, 3.05) is 26.7 Å². The minimum atomic E-state index is -0.431. The van der Waals surface area contributed by atoms with Crippen LogP contribution in [-0.2, 0) is 4.74 Å². The SMILES string of the molecule is CC(C)c1ccc(C(O)CN(C)CC2CCCCO2)cc1. The van der Waals surface area contributed by atoms with Gasteiger partial charge in [-0.15, -0.1) is 0 Å². The molecule has 0 radical (unpaired) electrons. The lowest BCUT2D eigenvalue weighted by atomic mass is 10.00. The minimum Gasteiger partial charge on any atom is -0.387 e. The Kier molecular flexibility index (Phi) is 6.22. The lowest BCUT2D eigenvalue weighted by Gasteiger charge is -2.28. The molecular formula is C18H29NO2. The Bertz CT molecular complexity index is 410. The van der Waals surface area contributed by atoms with Crippen LogP contribution >= 0.6 is 0 Å². The maximum atomic E-state index is 10.4. The highest BCUT2D eigenvalue weighted by molar-refractivity contribution is 5.26. The molecule has 0 aliphatic carbocycles. The maximum Gasteiger partial charge on any atom is 0.0916 e. The summed E-state index contributed by atoms with van der Waals surface area (Å²) in [5.41, 5.74) is 2.31. The summed E-state index contributed by atoms with van der Waals surface area (Å²) in [6.07, 6.45) is 3.49. The molecule has 1 aliphatic rings. The molecule has 1 aromatic carbocycles. The number of likely N-dealkylation sites (N-methyl/N-ethyl adjacent to an activating group) is 1. The van der Waals surface area contributed by atoms with Crippen molar-refractivity contribution in [1.82, 2.24) is 4.90 Å². The monoisotopic (exact) mass is 291 g/mol. The number of aliphatic hydroxyl groups is 1. The van der Waals surface area contributed by atoms with Gasteiger partial charge in [-0.1, -0.05) is 38.1 Å². The minimum absolute atomic E-state index is 0.333. The summed E-state index contributed by atoms with van der Waals surface area (Å²) < 4.78 is 5.75. The third kappa shape index (κ3) is 5.10. The quantitative estimate of drug-likeness (QED) is 0.872. The van der Waals surface area contributed by atoms with Crippen LogP contribution in [0.2, 0.25) is 0 Å². The van der Waals surface area contributed by atoms with E-state index in [4.69, 9.17) is 4.74 Å². The topological polar surface area (TPSA) is 32.7 Å². The average Bonchev–Trinajstić information content (AvgIpc) is 2.48. The van der Waals surface area contributed by atoms with Gasteiger partial charge in [0.05, 0.1) is 12.2 Å². The Hall–Kier alpha value is -0.900. The number of aliphatic hydroxyl groups excluding tert-OH is 1. The normalized spacial score (nSPS) is 21.0. The third-order valence-electron chi connectivity index (χ3n) is 4.26. The second-order valence-corrected chi connectivity index (χ2v) is 6.55. The Morgan fingerprint density at radius 3 is 2.43 bits per heavy atom. The van der Waals surface area contributed by atoms with Crippen LogP contribution in [0.3, 0.4) is 0 Å². The lowest BCUT2D eigenvalue weighted by molar-refractivity contribution is -0.00795. The second kappa shape index (κ2) is 7.92. The average molecular weight is 291 g/mol. The first-order valence-electron chi connectivity index (χ1n) is 8.14. The first-order valence-corrected chi connectivity index (χ1v) is 8.14. The molecule has 2 rings (SSSR count). The largest absolute Gasteiger partial charge is 0.387 e. The molecule has 1 aliphatic heterocycles. The standard InChI is InChI=1S/C18H29NO2/c1-14(2)15-7-9-16(10-8-15)18(20)13-19(3)12-17-6-4-5-11-21-17/h7-10,14,17-18,20H,4-6,11-13H2,1-3H3. The van der Waals surface area contributed by atoms with Crippen molar-refractivity contribution in [3.8, 4) is 0 Å². The predicted molar refractivity (Wildman–Crippen MR) is 86.6 cm³/mol. The summed E-state index contributed by atoms with van der Waals surface area (Å²) in [6, 6.07) is 8.33. The van der Waals surface area contributed by atoms with Crippen molar-refractivity contribution in [3.05, 3.63) is 35.4 Å². The van der Waals surface area contributed by atoms with E-state index in [0.717, 1.165) is 25.1 Å². The molecule has 3 nitrogen and oxygen atoms in total. The van der Waals surface area contributed by atoms with Gasteiger partial charge >= 0.3 is 0 Å². The van der Waals surface area contributed by atoms with Crippen molar-refractivity contribution < 1.29 is 9.84 Å². The molecule has 2 atom stereocenters. The van der Waals surface area contributed by atoms with Crippen LogP contribution in [0, 0.1) is 0 Å². The van der Waals surface area contributed by atoms with Crippen molar-refractivity contribution in [3.63, 3.8) is 0 Å². The molecule has 21 heavy (non-hydrogen) atoms. The highest BCUT2D eigenvalue weighted by Crippen LogP contribution is 2.20. The van der Waals surface area contributed by atoms with E-state index < -0.39 is 6.10 Å². The van der Waals surface area contributed by atoms with Crippen molar-refractivity contribution in [2.45, 2.75) is 51.2 Å². The third-order valence-corrected chi connectivity index (χ3v) is 4.26. The van der Waals surface area contributed by atoms with Crippen LogP contribution in [0.1, 0.15) is 56.3 Å². The summed E-state index contributed by atoms with van der Waals surface area (Å²) in [7, 11) is 2.06. The zero-order chi connectivity index (χ0) is 15.2. The molecule has 118 valence electrons. The van der Waals surface area contributed by atoms with E-state index in [0.29, 0.717) is 18.6 Å². The van der Waals surface area contributed by atoms with Crippen LogP contribution in [0.15, 0.2) is 24.3 Å². The van der Waals surface area contributed by atoms with Gasteiger partial charge in [-0.3, -0.25) is 0 Å². The lowest BCUT2D eigenvalue weighted by Crippen LogP contribution is -2.35. The highest BCUT2D eigenvalue weighted by atomic mass is 16.5. The van der Waals surface area contributed by atoms with Crippen molar-refractivity contribution >= 4 is 0 Å². The summed E-state index contributed by atoms with van der Waals surface area (Å²) in [4.78, 5) is 2.18. The molecule has 0 aromatic heterocycles. The van der Waals surface area contributed by atoms with Gasteiger partial charge in [0, 0.05) is 19.7 Å². The number of hydrogen-bond acceptors (Lipinski definition) is 3. The number of benzene rings is 1. The molecule has 0 spiro atoms. The summed E-state index contributed by atoms with van der Waals surface area (Å²) >= 11 is 0. The molecule has 0 amide bonds. The van der Waals surface area contributed by atoms with Gasteiger partial charge in [0.1, 0.15) is 0 Å². The maximum absolute atomic E-state index is 10.4. The van der Waals surface area contributed by atoms with Crippen LogP contribution in [-0.4, -0.2) is 42.9 Å². The van der Waals surface area contributed by atoms with E-state index in [9.17, 15) is 5.11 Å². The van der Waals surface area contributed by atoms with Gasteiger partial charge in [-0.05, 0) is 43.4 Å². The molecule has 1 fully saturated rings. The second-order valence-electron chi connectivity index (χ2n) is 6.55. The number of ether oxygens (including phenoxy) is 1. The number of rotatable bonds is 6. The van der Waals surface area contributed by atoms with Crippen LogP contribution in [0.5, 0.6) is 0 Å². The van der Waals surface area contributed by atoms with Gasteiger partial charge in [0.25, 0.3) is 0 Å². The molecule has 1 heterocycles. The van der Waals surface area contributed by atoms with Gasteiger partial charge in [-0.2, -0.15) is 0 Å². The molecule has 1 N–H and O–H groups in total. The smallest absolute Gasteiger partial charge is 0.0916 e. The Morgan fingerprint density at radius 1 is 1.19 bits per heavy atom. The van der Waals surface area contributed by atoms with Gasteiger partial charge in [0.15, 0.2) is 0 Å². The van der Waals surface area contributed by atoms with Crippen LogP contribution in [0.25, 0.3) is 0 Å². The fourth-order valence-corrected chi connectivity index (χ4v) is 2.88. The van der Waals surface area contributed by atoms with Crippen molar-refractivity contribution in [2.24, 2.45) is 0 Å². The number of nitrogens with zero attached hydrogens (tertiary/aromatic N) is 1. The molecule has 3 heteroatoms. The van der Waals surface area contributed by atoms with E-state index in [2.05, 4.69) is 37.9 Å². The fraction of sp³-hybridized carbons (Fsp3) is 0.667. The Labute approximate surface area is 128 Å². The van der Waals surface area contributed by atoms with Gasteiger partial charge < -0.3 is 14.7 Å². The van der Waals surface area contributed by atoms with Crippen LogP contribution in [0.4, 0.5) is 0 Å². The molecule has 2 unspecified atom stereocenters. The zero-order valence-electron chi connectivity index (χ0n) is 13.6. The summed E-state index contributed by atoms with van der Waals surface area (Å²) in [5, 5.41) is 10.4. The van der Waals surface area contributed by atoms with E-state index in [1.165, 1.54) is 18.4 Å². The van der Waals surface area contributed by atoms with E-state index in [-0.39, 0.29) is 0 Å². The molecule has 1 aromatic rings. The molecule has 1 saturated heterocycles. The Morgan fingerprint density at radius 2 is 1.86 bits per heavy atom. The fourth-order valence-electron chi connectivity index (χ4n) is 2.88. The number of hydrogen-bond donors (Lipinski definition) is 1. The van der Waals surface area contributed by atoms with E-state index >= 15 is 0 Å². The van der Waals surface area contributed by atoms with E-state index in [1.54, 1.807) is 0 Å². The first kappa shape index (κ1) is 16.5. The molecule has 0 bridgehead atoms. The molecule has 0 saturated carbocycles. The zero-order valence-corrected chi connectivity index (χ0v) is 13.6. The van der Waals surface area contributed by atoms with E-state index in [1.807, 2.05) is 12.1 Å². The van der Waals surface area contributed by atoms with Gasteiger partial charge in [0.2, 0.25) is 0 Å². The highest BCUT2D eigenvalue weighted by Gasteiger charge is 2.18. The van der Waals surface area contributed by atoms with Gasteiger partial charge in [-0.25, -0.2) is 0 Å². The Balaban J connectivity index is 1.83.